The predicted molar refractivity (Wildman–Crippen MR) is 205 cm³/mol. The molecule has 294 valence electrons. The number of hydrogen-bond acceptors (Lipinski definition) is 10. The molecule has 0 unspecified atom stereocenters. The fraction of sp³-hybridized carbons (Fsp3) is 0.268. The average molecular weight is 784 g/mol. The number of alkyl halides is 3. The number of piperidine rings is 1. The summed E-state index contributed by atoms with van der Waals surface area (Å²) in [6.45, 7) is 1.49. The molecule has 0 saturated carbocycles. The Morgan fingerprint density at radius 2 is 1.74 bits per heavy atom. The Morgan fingerprint density at radius 1 is 0.965 bits per heavy atom. The molecular formula is C41H37F4N7O5. The maximum absolute atomic E-state index is 15.4. The second kappa shape index (κ2) is 15.6. The van der Waals surface area contributed by atoms with Gasteiger partial charge >= 0.3 is 12.5 Å². The minimum absolute atomic E-state index is 0.147. The van der Waals surface area contributed by atoms with E-state index in [1.165, 1.54) is 30.2 Å². The molecule has 0 radical (unpaired) electrons. The summed E-state index contributed by atoms with van der Waals surface area (Å²) < 4.78 is 71.0. The lowest BCUT2D eigenvalue weighted by Crippen LogP contribution is -2.35. The van der Waals surface area contributed by atoms with E-state index in [9.17, 15) is 23.1 Å². The topological polar surface area (TPSA) is 127 Å². The minimum atomic E-state index is -4.82. The van der Waals surface area contributed by atoms with Gasteiger partial charge in [-0.15, -0.1) is 13.2 Å². The number of ether oxygens (including phenoxy) is 3. The fourth-order valence-electron chi connectivity index (χ4n) is 7.27. The van der Waals surface area contributed by atoms with E-state index < -0.39 is 24.4 Å². The third kappa shape index (κ3) is 7.98. The second-order valence-electron chi connectivity index (χ2n) is 13.7. The Hall–Kier alpha value is -6.42. The Morgan fingerprint density at radius 3 is 2.46 bits per heavy atom. The second-order valence-corrected chi connectivity index (χ2v) is 13.7. The number of aliphatic hydroxyl groups excluding tert-OH is 1. The van der Waals surface area contributed by atoms with E-state index in [1.807, 2.05) is 51.9 Å². The Kier molecular flexibility index (Phi) is 10.3. The van der Waals surface area contributed by atoms with Gasteiger partial charge in [0, 0.05) is 31.5 Å². The van der Waals surface area contributed by atoms with Crippen LogP contribution in [0.5, 0.6) is 11.6 Å². The third-order valence-corrected chi connectivity index (χ3v) is 10.1. The molecule has 0 spiro atoms. The first kappa shape index (κ1) is 37.5. The van der Waals surface area contributed by atoms with Gasteiger partial charge in [0.25, 0.3) is 0 Å². The van der Waals surface area contributed by atoms with Gasteiger partial charge in [-0.25, -0.2) is 19.2 Å². The first-order valence-corrected chi connectivity index (χ1v) is 18.3. The molecule has 16 heteroatoms. The Labute approximate surface area is 323 Å². The molecule has 2 fully saturated rings. The van der Waals surface area contributed by atoms with Crippen molar-refractivity contribution in [2.45, 2.75) is 25.3 Å². The highest BCUT2D eigenvalue weighted by Crippen LogP contribution is 2.34. The summed E-state index contributed by atoms with van der Waals surface area (Å²) in [6, 6.07) is 25.2. The summed E-state index contributed by atoms with van der Waals surface area (Å²) in [4.78, 5) is 29.9. The SMILES string of the molecule is COc1ncccc1Nc1cc2nc3ccccc3n(-c3ccc(OC(F)(F)F)cc3)c-2cc1=NCC1CCN(c2ccc(N3C[C@H](CO)OC3=O)cc2F)CC1. The van der Waals surface area contributed by atoms with E-state index in [2.05, 4.69) is 15.0 Å². The Balaban J connectivity index is 1.11. The first-order chi connectivity index (χ1) is 27.6. The van der Waals surface area contributed by atoms with Gasteiger partial charge in [0.1, 0.15) is 23.4 Å². The molecule has 2 saturated heterocycles. The van der Waals surface area contributed by atoms with Gasteiger partial charge in [0.2, 0.25) is 5.88 Å². The van der Waals surface area contributed by atoms with Crippen LogP contribution in [-0.4, -0.2) is 78.1 Å². The molecule has 1 atom stereocenters. The number of halogens is 4. The van der Waals surface area contributed by atoms with Crippen LogP contribution in [0.15, 0.2) is 102 Å². The largest absolute Gasteiger partial charge is 0.573 e. The zero-order valence-corrected chi connectivity index (χ0v) is 30.6. The summed E-state index contributed by atoms with van der Waals surface area (Å²) >= 11 is 0. The van der Waals surface area contributed by atoms with E-state index in [0.717, 1.165) is 18.4 Å². The quantitative estimate of drug-likeness (QED) is 0.108. The molecule has 3 aromatic carbocycles. The van der Waals surface area contributed by atoms with Crippen LogP contribution in [0.25, 0.3) is 28.1 Å². The minimum Gasteiger partial charge on any atom is -0.480 e. The van der Waals surface area contributed by atoms with Crippen LogP contribution in [0.3, 0.4) is 0 Å². The van der Waals surface area contributed by atoms with Crippen LogP contribution in [0, 0.1) is 11.7 Å². The normalized spacial score (nSPS) is 16.7. The maximum atomic E-state index is 15.4. The van der Waals surface area contributed by atoms with Crippen LogP contribution >= 0.6 is 0 Å². The zero-order valence-electron chi connectivity index (χ0n) is 30.6. The highest BCUT2D eigenvalue weighted by atomic mass is 19.4. The number of aromatic nitrogens is 3. The molecule has 57 heavy (non-hydrogen) atoms. The number of aliphatic hydroxyl groups is 1. The number of nitrogens with one attached hydrogen (secondary N) is 1. The summed E-state index contributed by atoms with van der Waals surface area (Å²) in [6.07, 6.45) is -2.98. The van der Waals surface area contributed by atoms with Crippen molar-refractivity contribution in [1.29, 1.82) is 0 Å². The number of anilines is 4. The van der Waals surface area contributed by atoms with E-state index in [-0.39, 0.29) is 24.8 Å². The molecule has 8 rings (SSSR count). The molecule has 12 nitrogen and oxygen atoms in total. The molecule has 4 aliphatic rings. The van der Waals surface area contributed by atoms with Gasteiger partial charge in [-0.05, 0) is 97.6 Å². The number of benzene rings is 4. The van der Waals surface area contributed by atoms with Crippen molar-refractivity contribution in [2.75, 3.05) is 55.0 Å². The maximum Gasteiger partial charge on any atom is 0.573 e. The van der Waals surface area contributed by atoms with Crippen LogP contribution < -0.4 is 29.9 Å². The number of carbonyl (C=O) groups is 1. The molecule has 4 aromatic rings. The van der Waals surface area contributed by atoms with Gasteiger partial charge in [-0.1, -0.05) is 12.1 Å². The number of amides is 1. The van der Waals surface area contributed by atoms with Crippen molar-refractivity contribution in [3.8, 4) is 28.7 Å². The lowest BCUT2D eigenvalue weighted by molar-refractivity contribution is -0.274. The van der Waals surface area contributed by atoms with E-state index in [0.29, 0.717) is 76.2 Å². The molecule has 3 aliphatic heterocycles. The van der Waals surface area contributed by atoms with Gasteiger partial charge < -0.3 is 34.1 Å². The molecule has 2 N–H and O–H groups in total. The number of para-hydroxylation sites is 2. The number of pyridine rings is 1. The first-order valence-electron chi connectivity index (χ1n) is 18.3. The third-order valence-electron chi connectivity index (χ3n) is 10.1. The lowest BCUT2D eigenvalue weighted by atomic mass is 9.96. The smallest absolute Gasteiger partial charge is 0.480 e. The van der Waals surface area contributed by atoms with Crippen LogP contribution in [0.1, 0.15) is 12.8 Å². The van der Waals surface area contributed by atoms with Crippen LogP contribution in [0.2, 0.25) is 0 Å². The summed E-state index contributed by atoms with van der Waals surface area (Å²) in [7, 11) is 1.53. The number of carbonyl (C=O) groups excluding carboxylic acids is 1. The molecule has 1 aromatic heterocycles. The van der Waals surface area contributed by atoms with Crippen molar-refractivity contribution in [2.24, 2.45) is 10.9 Å². The summed E-state index contributed by atoms with van der Waals surface area (Å²) in [5, 5.41) is 13.4. The summed E-state index contributed by atoms with van der Waals surface area (Å²) in [5.41, 5.74) is 5.33. The zero-order chi connectivity index (χ0) is 39.7. The summed E-state index contributed by atoms with van der Waals surface area (Å²) in [5.74, 6) is -0.226. The van der Waals surface area contributed by atoms with Gasteiger partial charge in [-0.2, -0.15) is 0 Å². The van der Waals surface area contributed by atoms with E-state index in [1.54, 1.807) is 36.5 Å². The molecule has 4 heterocycles. The van der Waals surface area contributed by atoms with E-state index >= 15 is 4.39 Å². The predicted octanol–water partition coefficient (Wildman–Crippen LogP) is 7.45. The van der Waals surface area contributed by atoms with E-state index in [4.69, 9.17) is 19.5 Å². The molecule has 0 bridgehead atoms. The van der Waals surface area contributed by atoms with Crippen molar-refractivity contribution in [3.05, 3.63) is 108 Å². The van der Waals surface area contributed by atoms with Gasteiger partial charge in [0.05, 0.1) is 65.1 Å². The van der Waals surface area contributed by atoms with Crippen molar-refractivity contribution < 1.29 is 41.7 Å². The number of cyclic esters (lactones) is 1. The number of fused-ring (bicyclic) bond motifs is 2. The average Bonchev–Trinajstić information content (AvgIpc) is 3.60. The van der Waals surface area contributed by atoms with Crippen molar-refractivity contribution >= 4 is 39.9 Å². The highest BCUT2D eigenvalue weighted by Gasteiger charge is 2.33. The van der Waals surface area contributed by atoms with Gasteiger partial charge in [-0.3, -0.25) is 9.89 Å². The molecule has 1 aliphatic carbocycles. The number of methoxy groups -OCH3 is 1. The van der Waals surface area contributed by atoms with Crippen molar-refractivity contribution in [3.63, 3.8) is 0 Å². The number of hydrogen-bond donors (Lipinski definition) is 2. The monoisotopic (exact) mass is 783 g/mol. The number of nitrogens with zero attached hydrogens (tertiary/aromatic N) is 6. The number of rotatable bonds is 10. The molecular weight excluding hydrogens is 746 g/mol. The molecule has 1 amide bonds. The van der Waals surface area contributed by atoms with Crippen molar-refractivity contribution in [1.82, 2.24) is 14.5 Å². The van der Waals surface area contributed by atoms with Crippen LogP contribution in [-0.2, 0) is 4.74 Å². The highest BCUT2D eigenvalue weighted by molar-refractivity contribution is 5.90. The Bertz CT molecular complexity index is 2450. The van der Waals surface area contributed by atoms with Gasteiger partial charge in [0.15, 0.2) is 0 Å². The lowest BCUT2D eigenvalue weighted by Gasteiger charge is -2.33. The standard InChI is InChI=1S/C41H37F4N7O5/c1-55-39-32(6-4-16-46-39)49-34-20-35-38(52(37-7-3-2-5-31(37)48-35)26-8-11-28(12-9-26)57-41(43,44)45)21-33(34)47-22-25-14-17-50(18-15-25)36-13-10-27(19-30(36)42)51-23-29(24-53)56-40(51)54/h2-13,16,19-21,25,29,49,53H,14-15,17-18,22-24H2,1H3/t29-/m1/s1. The fourth-order valence-corrected chi connectivity index (χ4v) is 7.27. The van der Waals surface area contributed by atoms with Crippen LogP contribution in [0.4, 0.5) is 45.1 Å².